The Morgan fingerprint density at radius 1 is 1.00 bits per heavy atom. The number of nitrogens with zero attached hydrogens (tertiary/aromatic N) is 1. The summed E-state index contributed by atoms with van der Waals surface area (Å²) in [6.07, 6.45) is -0.632. The maximum absolute atomic E-state index is 12.5. The van der Waals surface area contributed by atoms with E-state index in [0.29, 0.717) is 6.61 Å². The molecule has 1 aromatic rings. The zero-order valence-electron chi connectivity index (χ0n) is 21.6. The van der Waals surface area contributed by atoms with Gasteiger partial charge in [0.1, 0.15) is 18.3 Å². The summed E-state index contributed by atoms with van der Waals surface area (Å²) in [7, 11) is -2.62. The van der Waals surface area contributed by atoms with Crippen LogP contribution in [0.5, 0.6) is 0 Å². The molecule has 0 amide bonds. The van der Waals surface area contributed by atoms with E-state index in [1.54, 1.807) is 7.11 Å². The van der Waals surface area contributed by atoms with Crippen molar-refractivity contribution in [1.29, 1.82) is 0 Å². The van der Waals surface area contributed by atoms with E-state index in [2.05, 4.69) is 72.7 Å². The van der Waals surface area contributed by atoms with E-state index in [1.807, 2.05) is 0 Å². The van der Waals surface area contributed by atoms with Crippen molar-refractivity contribution in [3.05, 3.63) is 33.1 Å². The van der Waals surface area contributed by atoms with Gasteiger partial charge in [0.25, 0.3) is 5.56 Å². The van der Waals surface area contributed by atoms with Gasteiger partial charge in [-0.25, -0.2) is 4.79 Å². The van der Waals surface area contributed by atoms with Gasteiger partial charge < -0.3 is 18.3 Å². The van der Waals surface area contributed by atoms with Crippen LogP contribution in [0.15, 0.2) is 21.9 Å². The quantitative estimate of drug-likeness (QED) is 0.589. The first kappa shape index (κ1) is 27.2. The topological polar surface area (TPSA) is 91.8 Å². The third-order valence-electron chi connectivity index (χ3n) is 7.33. The molecule has 0 unspecified atom stereocenters. The van der Waals surface area contributed by atoms with Gasteiger partial charge in [0.15, 0.2) is 22.9 Å². The fourth-order valence-corrected chi connectivity index (χ4v) is 5.44. The van der Waals surface area contributed by atoms with Crippen LogP contribution in [0.3, 0.4) is 0 Å². The minimum Gasteiger partial charge on any atom is -0.414 e. The molecule has 0 aromatic carbocycles. The molecule has 1 aliphatic heterocycles. The molecule has 0 radical (unpaired) electrons. The van der Waals surface area contributed by atoms with Crippen molar-refractivity contribution in [2.24, 2.45) is 0 Å². The molecule has 1 N–H and O–H groups in total. The van der Waals surface area contributed by atoms with Crippen LogP contribution in [0.1, 0.15) is 47.8 Å². The highest BCUT2D eigenvalue weighted by atomic mass is 28.4. The van der Waals surface area contributed by atoms with Crippen molar-refractivity contribution in [2.75, 3.05) is 13.7 Å². The second kappa shape index (κ2) is 9.30. The Morgan fingerprint density at radius 3 is 2.03 bits per heavy atom. The molecule has 184 valence electrons. The lowest BCUT2D eigenvalue weighted by Crippen LogP contribution is -2.51. The Hall–Kier alpha value is -1.05. The van der Waals surface area contributed by atoms with E-state index < -0.39 is 52.4 Å². The first-order valence-electron chi connectivity index (χ1n) is 11.2. The Kier molecular flexibility index (Phi) is 7.91. The molecule has 0 aliphatic carbocycles. The number of ether oxygens (including phenoxy) is 2. The largest absolute Gasteiger partial charge is 0.414 e. The van der Waals surface area contributed by atoms with Gasteiger partial charge in [-0.3, -0.25) is 14.3 Å². The molecule has 1 aromatic heterocycles. The van der Waals surface area contributed by atoms with E-state index in [0.717, 1.165) is 0 Å². The third kappa shape index (κ3) is 5.71. The van der Waals surface area contributed by atoms with Crippen molar-refractivity contribution >= 4 is 16.6 Å². The molecule has 0 saturated carbocycles. The summed E-state index contributed by atoms with van der Waals surface area (Å²) >= 11 is 0. The predicted molar refractivity (Wildman–Crippen MR) is 131 cm³/mol. The average molecular weight is 487 g/mol. The van der Waals surface area contributed by atoms with Crippen LogP contribution in [0.2, 0.25) is 36.3 Å². The van der Waals surface area contributed by atoms with Crippen molar-refractivity contribution < 1.29 is 18.3 Å². The normalized spacial score (nSPS) is 25.3. The summed E-state index contributed by atoms with van der Waals surface area (Å²) in [5.74, 6) is 0. The van der Waals surface area contributed by atoms with Gasteiger partial charge in [-0.05, 0) is 36.3 Å². The number of nitrogens with one attached hydrogen (secondary N) is 1. The molecule has 8 nitrogen and oxygen atoms in total. The summed E-state index contributed by atoms with van der Waals surface area (Å²) < 4.78 is 26.8. The third-order valence-corrected chi connectivity index (χ3v) is 16.3. The van der Waals surface area contributed by atoms with Gasteiger partial charge in [0, 0.05) is 19.4 Å². The molecule has 0 spiro atoms. The summed E-state index contributed by atoms with van der Waals surface area (Å²) in [4.78, 5) is 26.4. The van der Waals surface area contributed by atoms with E-state index in [1.165, 1.54) is 16.8 Å². The number of H-pyrrole nitrogens is 1. The summed E-state index contributed by atoms with van der Waals surface area (Å²) in [6.45, 7) is 22.2. The van der Waals surface area contributed by atoms with Gasteiger partial charge in [0.05, 0.1) is 6.61 Å². The number of aromatic amines is 1. The molecule has 4 atom stereocenters. The summed E-state index contributed by atoms with van der Waals surface area (Å²) in [6, 6.07) is 1.31. The van der Waals surface area contributed by atoms with E-state index >= 15 is 0 Å². The van der Waals surface area contributed by atoms with Gasteiger partial charge in [0.2, 0.25) is 0 Å². The van der Waals surface area contributed by atoms with Crippen LogP contribution in [-0.2, 0) is 18.3 Å². The molecule has 2 rings (SSSR count). The SMILES string of the molecule is CO[C@@H]1[C@H](O[Si](C)(C)C(C)(C)C)[C@@H](CO[Si](C)(C)C(C)(C)C)O[C@H]1n1ccc(=O)[nH]c1=O. The monoisotopic (exact) mass is 486 g/mol. The first-order valence-corrected chi connectivity index (χ1v) is 17.0. The molecule has 1 saturated heterocycles. The van der Waals surface area contributed by atoms with E-state index in [-0.39, 0.29) is 10.1 Å². The van der Waals surface area contributed by atoms with Gasteiger partial charge >= 0.3 is 5.69 Å². The highest BCUT2D eigenvalue weighted by Crippen LogP contribution is 2.43. The van der Waals surface area contributed by atoms with Crippen LogP contribution in [0.25, 0.3) is 0 Å². The van der Waals surface area contributed by atoms with Crippen molar-refractivity contribution in [3.63, 3.8) is 0 Å². The van der Waals surface area contributed by atoms with Gasteiger partial charge in [-0.15, -0.1) is 0 Å². The summed E-state index contributed by atoms with van der Waals surface area (Å²) in [5.41, 5.74) is -0.994. The van der Waals surface area contributed by atoms with Crippen LogP contribution in [0.4, 0.5) is 0 Å². The van der Waals surface area contributed by atoms with Crippen LogP contribution in [0, 0.1) is 0 Å². The molecule has 1 fully saturated rings. The maximum Gasteiger partial charge on any atom is 0.330 e. The van der Waals surface area contributed by atoms with Gasteiger partial charge in [-0.2, -0.15) is 0 Å². The Labute approximate surface area is 193 Å². The molecule has 10 heteroatoms. The average Bonchev–Trinajstić information content (AvgIpc) is 2.94. The number of hydrogen-bond acceptors (Lipinski definition) is 6. The van der Waals surface area contributed by atoms with Crippen LogP contribution < -0.4 is 11.2 Å². The lowest BCUT2D eigenvalue weighted by molar-refractivity contribution is -0.0613. The Morgan fingerprint density at radius 2 is 1.56 bits per heavy atom. The van der Waals surface area contributed by atoms with Gasteiger partial charge in [-0.1, -0.05) is 41.5 Å². The van der Waals surface area contributed by atoms with Crippen molar-refractivity contribution in [1.82, 2.24) is 9.55 Å². The number of hydrogen-bond donors (Lipinski definition) is 1. The fourth-order valence-electron chi connectivity index (χ4n) is 3.11. The highest BCUT2D eigenvalue weighted by molar-refractivity contribution is 6.74. The molecule has 2 heterocycles. The van der Waals surface area contributed by atoms with E-state index in [4.69, 9.17) is 18.3 Å². The lowest BCUT2D eigenvalue weighted by atomic mass is 10.1. The zero-order valence-corrected chi connectivity index (χ0v) is 23.6. The van der Waals surface area contributed by atoms with Crippen molar-refractivity contribution in [2.45, 2.75) is 102 Å². The summed E-state index contributed by atoms with van der Waals surface area (Å²) in [5, 5.41) is 0.0420. The van der Waals surface area contributed by atoms with Crippen molar-refractivity contribution in [3.8, 4) is 0 Å². The number of methoxy groups -OCH3 is 1. The molecular weight excluding hydrogens is 444 g/mol. The molecule has 1 aliphatic rings. The molecule has 0 bridgehead atoms. The zero-order chi connectivity index (χ0) is 24.7. The standard InChI is InChI=1S/C22H42N2O6Si2/c1-21(2,3)31(8,9)28-14-15-17(30-32(10,11)22(4,5)6)18(27-7)19(29-15)24-13-12-16(25)23-20(24)26/h12-13,15,17-19H,14H2,1-11H3,(H,23,25,26)/t15-,17-,18-,19-/m1/s1. The minimum atomic E-state index is -2.18. The second-order valence-electron chi connectivity index (χ2n) is 11.7. The Bertz CT molecular complexity index is 897. The smallest absolute Gasteiger partial charge is 0.330 e. The first-order chi connectivity index (χ1) is 14.4. The predicted octanol–water partition coefficient (Wildman–Crippen LogP) is 3.86. The minimum absolute atomic E-state index is 0.0109. The molecule has 32 heavy (non-hydrogen) atoms. The number of aromatic nitrogens is 2. The Balaban J connectivity index is 2.43. The van der Waals surface area contributed by atoms with E-state index in [9.17, 15) is 9.59 Å². The van der Waals surface area contributed by atoms with Crippen LogP contribution >= 0.6 is 0 Å². The second-order valence-corrected chi connectivity index (χ2v) is 21.3. The maximum atomic E-state index is 12.5. The number of rotatable bonds is 7. The lowest BCUT2D eigenvalue weighted by Gasteiger charge is -2.41. The van der Waals surface area contributed by atoms with Crippen LogP contribution in [-0.4, -0.2) is 58.2 Å². The highest BCUT2D eigenvalue weighted by Gasteiger charge is 2.52. The fraction of sp³-hybridized carbons (Fsp3) is 0.818. The molecular formula is C22H42N2O6Si2.